The number of nitrogens with zero attached hydrogens (tertiary/aromatic N) is 1. The van der Waals surface area contributed by atoms with Crippen molar-refractivity contribution in [3.8, 4) is 0 Å². The van der Waals surface area contributed by atoms with Crippen LogP contribution < -0.4 is 10.9 Å². The number of aromatic amines is 1. The average Bonchev–Trinajstić information content (AvgIpc) is 2.71. The smallest absolute Gasteiger partial charge is 0.252 e. The molecule has 4 nitrogen and oxygen atoms in total. The van der Waals surface area contributed by atoms with Crippen LogP contribution in [0.5, 0.6) is 0 Å². The fourth-order valence-electron chi connectivity index (χ4n) is 3.38. The number of fused-ring (bicyclic) bond motifs is 1. The number of rotatable bonds is 7. The van der Waals surface area contributed by atoms with E-state index < -0.39 is 0 Å². The Hall–Kier alpha value is -3.40. The zero-order valence-corrected chi connectivity index (χ0v) is 15.7. The molecule has 0 saturated carbocycles. The Morgan fingerprint density at radius 2 is 1.61 bits per heavy atom. The van der Waals surface area contributed by atoms with Gasteiger partial charge in [0.1, 0.15) is 0 Å². The molecular weight excluding hydrogens is 346 g/mol. The van der Waals surface area contributed by atoms with Crippen LogP contribution in [0.25, 0.3) is 10.8 Å². The first-order valence-electron chi connectivity index (χ1n) is 9.62. The molecule has 0 radical (unpaired) electrons. The number of anilines is 1. The molecule has 0 bridgehead atoms. The monoisotopic (exact) mass is 369 g/mol. The van der Waals surface area contributed by atoms with Crippen LogP contribution in [0.3, 0.4) is 0 Å². The van der Waals surface area contributed by atoms with E-state index in [9.17, 15) is 4.79 Å². The van der Waals surface area contributed by atoms with Crippen LogP contribution in [0, 0.1) is 0 Å². The van der Waals surface area contributed by atoms with Crippen LogP contribution in [0.2, 0.25) is 0 Å². The van der Waals surface area contributed by atoms with E-state index in [-0.39, 0.29) is 5.56 Å². The molecule has 3 aromatic carbocycles. The van der Waals surface area contributed by atoms with Gasteiger partial charge in [0.25, 0.3) is 5.56 Å². The fraction of sp³-hybridized carbons (Fsp3) is 0.167. The SMILES string of the molecule is O=c1cc(Cc2ccc3ccccc3c2)nc(NCCCc2ccccc2)[nH]1. The number of aryl methyl sites for hydroxylation is 1. The predicted molar refractivity (Wildman–Crippen MR) is 115 cm³/mol. The lowest BCUT2D eigenvalue weighted by molar-refractivity contribution is 0.847. The minimum Gasteiger partial charge on any atom is -0.356 e. The van der Waals surface area contributed by atoms with E-state index in [1.54, 1.807) is 6.07 Å². The molecule has 1 aromatic heterocycles. The van der Waals surface area contributed by atoms with Gasteiger partial charge < -0.3 is 5.32 Å². The van der Waals surface area contributed by atoms with Gasteiger partial charge in [-0.1, -0.05) is 72.8 Å². The van der Waals surface area contributed by atoms with Crippen LogP contribution in [0.1, 0.15) is 23.2 Å². The van der Waals surface area contributed by atoms with Gasteiger partial charge in [0.15, 0.2) is 0 Å². The highest BCUT2D eigenvalue weighted by Gasteiger charge is 2.04. The Balaban J connectivity index is 1.40. The van der Waals surface area contributed by atoms with Crippen molar-refractivity contribution in [1.82, 2.24) is 9.97 Å². The van der Waals surface area contributed by atoms with E-state index in [1.807, 2.05) is 18.2 Å². The second-order valence-electron chi connectivity index (χ2n) is 6.96. The zero-order valence-electron chi connectivity index (χ0n) is 15.7. The number of aromatic nitrogens is 2. The van der Waals surface area contributed by atoms with E-state index in [0.29, 0.717) is 12.4 Å². The standard InChI is InChI=1S/C24H23N3O/c28-23-17-22(16-19-12-13-20-10-4-5-11-21(20)15-19)26-24(27-23)25-14-6-9-18-7-2-1-3-8-18/h1-5,7-8,10-13,15,17H,6,9,14,16H2,(H2,25,26,27,28). The number of benzene rings is 3. The van der Waals surface area contributed by atoms with Crippen molar-refractivity contribution in [3.63, 3.8) is 0 Å². The van der Waals surface area contributed by atoms with E-state index in [2.05, 4.69) is 69.9 Å². The summed E-state index contributed by atoms with van der Waals surface area (Å²) in [6.45, 7) is 0.761. The number of hydrogen-bond acceptors (Lipinski definition) is 3. The van der Waals surface area contributed by atoms with Gasteiger partial charge in [0, 0.05) is 19.0 Å². The molecule has 4 heteroatoms. The minimum absolute atomic E-state index is 0.128. The number of nitrogens with one attached hydrogen (secondary N) is 2. The molecule has 140 valence electrons. The molecular formula is C24H23N3O. The van der Waals surface area contributed by atoms with E-state index in [4.69, 9.17) is 0 Å². The summed E-state index contributed by atoms with van der Waals surface area (Å²) in [5.74, 6) is 0.538. The van der Waals surface area contributed by atoms with Gasteiger partial charge in [-0.05, 0) is 34.7 Å². The average molecular weight is 369 g/mol. The van der Waals surface area contributed by atoms with Gasteiger partial charge in [0.2, 0.25) is 5.95 Å². The normalized spacial score (nSPS) is 10.9. The van der Waals surface area contributed by atoms with Crippen LogP contribution in [0.4, 0.5) is 5.95 Å². The topological polar surface area (TPSA) is 57.8 Å². The maximum Gasteiger partial charge on any atom is 0.252 e. The van der Waals surface area contributed by atoms with Crippen molar-refractivity contribution in [2.75, 3.05) is 11.9 Å². The first-order chi connectivity index (χ1) is 13.8. The van der Waals surface area contributed by atoms with E-state index in [1.165, 1.54) is 16.3 Å². The quantitative estimate of drug-likeness (QED) is 0.470. The van der Waals surface area contributed by atoms with Crippen molar-refractivity contribution in [3.05, 3.63) is 106 Å². The lowest BCUT2D eigenvalue weighted by Crippen LogP contribution is -2.15. The third kappa shape index (κ3) is 4.65. The molecule has 0 amide bonds. The summed E-state index contributed by atoms with van der Waals surface area (Å²) in [6, 6.07) is 26.6. The van der Waals surface area contributed by atoms with Crippen LogP contribution >= 0.6 is 0 Å². The third-order valence-corrected chi connectivity index (χ3v) is 4.77. The molecule has 0 aliphatic rings. The molecule has 0 saturated heterocycles. The number of H-pyrrole nitrogens is 1. The summed E-state index contributed by atoms with van der Waals surface area (Å²) in [4.78, 5) is 19.4. The van der Waals surface area contributed by atoms with E-state index >= 15 is 0 Å². The maximum atomic E-state index is 12.0. The molecule has 0 fully saturated rings. The fourth-order valence-corrected chi connectivity index (χ4v) is 3.38. The molecule has 0 spiro atoms. The Bertz CT molecular complexity index is 1120. The van der Waals surface area contributed by atoms with Crippen molar-refractivity contribution in [2.24, 2.45) is 0 Å². The Labute approximate surface area is 164 Å². The van der Waals surface area contributed by atoms with Crippen LogP contribution in [0.15, 0.2) is 83.7 Å². The maximum absolute atomic E-state index is 12.0. The summed E-state index contributed by atoms with van der Waals surface area (Å²) in [6.07, 6.45) is 2.60. The highest BCUT2D eigenvalue weighted by atomic mass is 16.1. The van der Waals surface area contributed by atoms with Crippen LogP contribution in [-0.2, 0) is 12.8 Å². The molecule has 4 rings (SSSR count). The highest BCUT2D eigenvalue weighted by Crippen LogP contribution is 2.17. The summed E-state index contributed by atoms with van der Waals surface area (Å²) < 4.78 is 0. The van der Waals surface area contributed by atoms with Gasteiger partial charge >= 0.3 is 0 Å². The molecule has 1 heterocycles. The molecule has 0 aliphatic carbocycles. The van der Waals surface area contributed by atoms with Crippen molar-refractivity contribution in [2.45, 2.75) is 19.3 Å². The Morgan fingerprint density at radius 3 is 2.46 bits per heavy atom. The van der Waals surface area contributed by atoms with Gasteiger partial charge in [0.05, 0.1) is 5.69 Å². The lowest BCUT2D eigenvalue weighted by Gasteiger charge is -2.08. The molecule has 0 unspecified atom stereocenters. The Kier molecular flexibility index (Phi) is 5.48. The third-order valence-electron chi connectivity index (χ3n) is 4.77. The first kappa shape index (κ1) is 18.0. The zero-order chi connectivity index (χ0) is 19.2. The Morgan fingerprint density at radius 1 is 0.821 bits per heavy atom. The van der Waals surface area contributed by atoms with Crippen molar-refractivity contribution < 1.29 is 0 Å². The second-order valence-corrected chi connectivity index (χ2v) is 6.96. The van der Waals surface area contributed by atoms with Crippen LogP contribution in [-0.4, -0.2) is 16.5 Å². The largest absolute Gasteiger partial charge is 0.356 e. The molecule has 2 N–H and O–H groups in total. The van der Waals surface area contributed by atoms with Gasteiger partial charge in [-0.2, -0.15) is 0 Å². The summed E-state index contributed by atoms with van der Waals surface area (Å²) in [5, 5.41) is 5.66. The summed E-state index contributed by atoms with van der Waals surface area (Å²) in [5.41, 5.74) is 3.10. The molecule has 4 aromatic rings. The first-order valence-corrected chi connectivity index (χ1v) is 9.62. The number of hydrogen-bond donors (Lipinski definition) is 2. The van der Waals surface area contributed by atoms with Crippen molar-refractivity contribution >= 4 is 16.7 Å². The summed E-state index contributed by atoms with van der Waals surface area (Å²) in [7, 11) is 0. The second kappa shape index (κ2) is 8.53. The van der Waals surface area contributed by atoms with Gasteiger partial charge in [-0.25, -0.2) is 4.98 Å². The van der Waals surface area contributed by atoms with Crippen molar-refractivity contribution in [1.29, 1.82) is 0 Å². The molecule has 0 atom stereocenters. The van der Waals surface area contributed by atoms with Gasteiger partial charge in [-0.3, -0.25) is 9.78 Å². The molecule has 28 heavy (non-hydrogen) atoms. The minimum atomic E-state index is -0.128. The van der Waals surface area contributed by atoms with E-state index in [0.717, 1.165) is 30.6 Å². The predicted octanol–water partition coefficient (Wildman–Crippen LogP) is 4.56. The highest BCUT2D eigenvalue weighted by molar-refractivity contribution is 5.83. The summed E-state index contributed by atoms with van der Waals surface area (Å²) >= 11 is 0. The molecule has 0 aliphatic heterocycles. The lowest BCUT2D eigenvalue weighted by atomic mass is 10.0. The van der Waals surface area contributed by atoms with Gasteiger partial charge in [-0.15, -0.1) is 0 Å².